The van der Waals surface area contributed by atoms with Crippen LogP contribution in [0.1, 0.15) is 21.5 Å². The van der Waals surface area contributed by atoms with E-state index in [1.807, 2.05) is 0 Å². The molecule has 0 atom stereocenters. The summed E-state index contributed by atoms with van der Waals surface area (Å²) in [5, 5.41) is 5.69. The number of halogens is 4. The number of ether oxygens (including phenoxy) is 1. The molecule has 2 aromatic carbocycles. The second-order valence-corrected chi connectivity index (χ2v) is 7.06. The van der Waals surface area contributed by atoms with Crippen LogP contribution in [0.25, 0.3) is 0 Å². The average molecular weight is 464 g/mol. The van der Waals surface area contributed by atoms with Crippen LogP contribution in [0.5, 0.6) is 11.6 Å². The van der Waals surface area contributed by atoms with E-state index in [-0.39, 0.29) is 23.7 Å². The number of hydrogen-bond donors (Lipinski definition) is 2. The molecule has 0 saturated heterocycles. The number of aromatic nitrogens is 1. The Morgan fingerprint density at radius 2 is 1.78 bits per heavy atom. The third-order valence-corrected chi connectivity index (χ3v) is 4.76. The van der Waals surface area contributed by atoms with Crippen LogP contribution < -0.4 is 15.4 Å². The first-order valence-electron chi connectivity index (χ1n) is 9.28. The van der Waals surface area contributed by atoms with E-state index in [1.165, 1.54) is 24.3 Å². The largest absolute Gasteiger partial charge is 0.439 e. The molecule has 0 aliphatic carbocycles. The number of amides is 2. The molecule has 0 aliphatic heterocycles. The summed E-state index contributed by atoms with van der Waals surface area (Å²) in [6.07, 6.45) is -3.81. The molecule has 0 fully saturated rings. The summed E-state index contributed by atoms with van der Waals surface area (Å²) >= 11 is 6.01. The molecule has 1 heterocycles. The molecule has 10 heteroatoms. The number of nitrogens with zero attached hydrogens (tertiary/aromatic N) is 1. The summed E-state index contributed by atoms with van der Waals surface area (Å²) < 4.78 is 43.1. The van der Waals surface area contributed by atoms with Crippen molar-refractivity contribution < 1.29 is 27.5 Å². The van der Waals surface area contributed by atoms with Crippen LogP contribution in [0.15, 0.2) is 60.8 Å². The van der Waals surface area contributed by atoms with Gasteiger partial charge in [0.1, 0.15) is 5.75 Å². The third-order valence-electron chi connectivity index (χ3n) is 4.35. The zero-order valence-electron chi connectivity index (χ0n) is 16.7. The predicted octanol–water partition coefficient (Wildman–Crippen LogP) is 5.22. The van der Waals surface area contributed by atoms with Gasteiger partial charge in [-0.3, -0.25) is 9.59 Å². The van der Waals surface area contributed by atoms with Crippen molar-refractivity contribution in [3.05, 3.63) is 82.5 Å². The first kappa shape index (κ1) is 23.1. The fourth-order valence-corrected chi connectivity index (χ4v) is 2.78. The van der Waals surface area contributed by atoms with Gasteiger partial charge in [-0.05, 0) is 55.0 Å². The summed E-state index contributed by atoms with van der Waals surface area (Å²) in [7, 11) is 0. The highest BCUT2D eigenvalue weighted by atomic mass is 35.5. The lowest BCUT2D eigenvalue weighted by Gasteiger charge is -2.10. The fourth-order valence-electron chi connectivity index (χ4n) is 2.60. The number of nitrogens with one attached hydrogen (secondary N) is 2. The van der Waals surface area contributed by atoms with Crippen LogP contribution in [0.4, 0.5) is 18.9 Å². The van der Waals surface area contributed by atoms with Gasteiger partial charge < -0.3 is 15.4 Å². The number of hydrogen-bond acceptors (Lipinski definition) is 4. The number of carbonyl (C=O) groups excluding carboxylic acids is 2. The van der Waals surface area contributed by atoms with Gasteiger partial charge in [0.25, 0.3) is 5.91 Å². The van der Waals surface area contributed by atoms with E-state index in [2.05, 4.69) is 15.6 Å². The molecule has 0 unspecified atom stereocenters. The lowest BCUT2D eigenvalue weighted by Crippen LogP contribution is -2.32. The van der Waals surface area contributed by atoms with Crippen molar-refractivity contribution in [3.63, 3.8) is 0 Å². The maximum absolute atomic E-state index is 12.6. The van der Waals surface area contributed by atoms with Gasteiger partial charge in [0.15, 0.2) is 0 Å². The molecule has 2 N–H and O–H groups in total. The van der Waals surface area contributed by atoms with E-state index in [0.717, 1.165) is 12.1 Å². The molecular formula is C22H17ClF3N3O3. The zero-order chi connectivity index (χ0) is 23.3. The molecular weight excluding hydrogens is 447 g/mol. The van der Waals surface area contributed by atoms with Crippen LogP contribution in [0.2, 0.25) is 5.02 Å². The Hall–Kier alpha value is -3.59. The van der Waals surface area contributed by atoms with Gasteiger partial charge in [-0.2, -0.15) is 13.2 Å². The van der Waals surface area contributed by atoms with Crippen LogP contribution >= 0.6 is 11.6 Å². The standard InChI is InChI=1S/C22H17ClF3N3O3/c1-13-17(23)3-2-4-18(13)29-19(30)12-28-21(31)14-5-8-16(9-6-14)32-20-10-7-15(11-27-20)22(24,25)26/h2-11H,12H2,1H3,(H,28,31)(H,29,30). The molecule has 166 valence electrons. The number of rotatable bonds is 6. The van der Waals surface area contributed by atoms with Gasteiger partial charge in [-0.25, -0.2) is 4.98 Å². The highest BCUT2D eigenvalue weighted by Gasteiger charge is 2.30. The number of alkyl halides is 3. The Balaban J connectivity index is 1.53. The van der Waals surface area contributed by atoms with E-state index >= 15 is 0 Å². The van der Waals surface area contributed by atoms with Crippen LogP contribution in [0.3, 0.4) is 0 Å². The number of carbonyl (C=O) groups is 2. The van der Waals surface area contributed by atoms with Crippen LogP contribution in [0, 0.1) is 6.92 Å². The van der Waals surface area contributed by atoms with E-state index in [9.17, 15) is 22.8 Å². The molecule has 3 rings (SSSR count). The quantitative estimate of drug-likeness (QED) is 0.525. The minimum absolute atomic E-state index is 0.0248. The van der Waals surface area contributed by atoms with Gasteiger partial charge in [0, 0.05) is 28.5 Å². The van der Waals surface area contributed by atoms with Crippen molar-refractivity contribution in [1.29, 1.82) is 0 Å². The van der Waals surface area contributed by atoms with Gasteiger partial charge >= 0.3 is 6.18 Å². The summed E-state index contributed by atoms with van der Waals surface area (Å²) in [5.74, 6) is -0.648. The molecule has 3 aromatic rings. The molecule has 0 spiro atoms. The van der Waals surface area contributed by atoms with E-state index in [4.69, 9.17) is 16.3 Å². The molecule has 0 saturated carbocycles. The minimum Gasteiger partial charge on any atom is -0.439 e. The molecule has 32 heavy (non-hydrogen) atoms. The van der Waals surface area contributed by atoms with Crippen molar-refractivity contribution in [2.24, 2.45) is 0 Å². The maximum Gasteiger partial charge on any atom is 0.417 e. The Labute approximate surface area is 186 Å². The van der Waals surface area contributed by atoms with Crippen molar-refractivity contribution >= 4 is 29.1 Å². The zero-order valence-corrected chi connectivity index (χ0v) is 17.4. The molecule has 0 radical (unpaired) electrons. The third kappa shape index (κ3) is 5.98. The number of benzene rings is 2. The highest BCUT2D eigenvalue weighted by molar-refractivity contribution is 6.31. The Morgan fingerprint density at radius 1 is 1.06 bits per heavy atom. The van der Waals surface area contributed by atoms with Crippen LogP contribution in [-0.4, -0.2) is 23.3 Å². The van der Waals surface area contributed by atoms with Crippen LogP contribution in [-0.2, 0) is 11.0 Å². The summed E-state index contributed by atoms with van der Waals surface area (Å²) in [4.78, 5) is 28.0. The topological polar surface area (TPSA) is 80.3 Å². The smallest absolute Gasteiger partial charge is 0.417 e. The van der Waals surface area contributed by atoms with E-state index in [1.54, 1.807) is 25.1 Å². The van der Waals surface area contributed by atoms with Gasteiger partial charge in [0.05, 0.1) is 12.1 Å². The molecule has 0 bridgehead atoms. The maximum atomic E-state index is 12.6. The van der Waals surface area contributed by atoms with Gasteiger partial charge in [-0.15, -0.1) is 0 Å². The van der Waals surface area contributed by atoms with E-state index in [0.29, 0.717) is 22.5 Å². The summed E-state index contributed by atoms with van der Waals surface area (Å²) in [6.45, 7) is 1.51. The second-order valence-electron chi connectivity index (χ2n) is 6.65. The molecule has 2 amide bonds. The minimum atomic E-state index is -4.48. The summed E-state index contributed by atoms with van der Waals surface area (Å²) in [6, 6.07) is 12.9. The lowest BCUT2D eigenvalue weighted by atomic mass is 10.2. The second kappa shape index (κ2) is 9.69. The Morgan fingerprint density at radius 3 is 2.41 bits per heavy atom. The van der Waals surface area contributed by atoms with Crippen molar-refractivity contribution in [2.45, 2.75) is 13.1 Å². The monoisotopic (exact) mass is 463 g/mol. The first-order valence-corrected chi connectivity index (χ1v) is 9.65. The Kier molecular flexibility index (Phi) is 6.99. The number of anilines is 1. The first-order chi connectivity index (χ1) is 15.1. The van der Waals surface area contributed by atoms with Crippen molar-refractivity contribution in [3.8, 4) is 11.6 Å². The predicted molar refractivity (Wildman–Crippen MR) is 113 cm³/mol. The normalized spacial score (nSPS) is 11.0. The van der Waals surface area contributed by atoms with E-state index < -0.39 is 23.6 Å². The molecule has 0 aliphatic rings. The Bertz CT molecular complexity index is 1120. The van der Waals surface area contributed by atoms with Gasteiger partial charge in [0.2, 0.25) is 11.8 Å². The number of pyridine rings is 1. The lowest BCUT2D eigenvalue weighted by molar-refractivity contribution is -0.137. The molecule has 1 aromatic heterocycles. The van der Waals surface area contributed by atoms with Crippen molar-refractivity contribution in [1.82, 2.24) is 10.3 Å². The fraction of sp³-hybridized carbons (Fsp3) is 0.136. The summed E-state index contributed by atoms with van der Waals surface area (Å²) in [5.41, 5.74) is 0.651. The SMILES string of the molecule is Cc1c(Cl)cccc1NC(=O)CNC(=O)c1ccc(Oc2ccc(C(F)(F)F)cn2)cc1. The molecule has 6 nitrogen and oxygen atoms in total. The highest BCUT2D eigenvalue weighted by Crippen LogP contribution is 2.30. The average Bonchev–Trinajstić information content (AvgIpc) is 2.75. The van der Waals surface area contributed by atoms with Crippen molar-refractivity contribution in [2.75, 3.05) is 11.9 Å². The van der Waals surface area contributed by atoms with Gasteiger partial charge in [-0.1, -0.05) is 17.7 Å².